The molecule has 0 aliphatic carbocycles. The van der Waals surface area contributed by atoms with Crippen molar-refractivity contribution >= 4 is 29.2 Å². The van der Waals surface area contributed by atoms with Crippen LogP contribution < -0.4 is 5.73 Å². The molecule has 1 aromatic carbocycles. The van der Waals surface area contributed by atoms with Crippen LogP contribution in [0.1, 0.15) is 18.4 Å². The molecule has 1 aliphatic rings. The lowest BCUT2D eigenvalue weighted by molar-refractivity contribution is 0.513. The summed E-state index contributed by atoms with van der Waals surface area (Å²) in [5.41, 5.74) is 7.76. The Kier molecular flexibility index (Phi) is 3.51. The van der Waals surface area contributed by atoms with Gasteiger partial charge in [-0.05, 0) is 18.9 Å². The van der Waals surface area contributed by atoms with Gasteiger partial charge in [0.15, 0.2) is 5.96 Å². The molecule has 84 valence electrons. The Morgan fingerprint density at radius 1 is 1.31 bits per heavy atom. The summed E-state index contributed by atoms with van der Waals surface area (Å²) >= 11 is 4.94. The molecular weight excluding hydrogens is 218 g/mol. The zero-order chi connectivity index (χ0) is 11.4. The maximum atomic E-state index is 5.96. The monoisotopic (exact) mass is 233 g/mol. The minimum absolute atomic E-state index is 0.599. The number of benzene rings is 1. The zero-order valence-electron chi connectivity index (χ0n) is 9.10. The first-order chi connectivity index (χ1) is 7.81. The largest absolute Gasteiger partial charge is 0.369 e. The van der Waals surface area contributed by atoms with Gasteiger partial charge >= 0.3 is 0 Å². The molecule has 3 nitrogen and oxygen atoms in total. The number of para-hydroxylation sites is 1. The van der Waals surface area contributed by atoms with E-state index in [0.29, 0.717) is 5.96 Å². The lowest BCUT2D eigenvalue weighted by Crippen LogP contribution is -2.34. The van der Waals surface area contributed by atoms with Crippen molar-refractivity contribution < 1.29 is 0 Å². The van der Waals surface area contributed by atoms with Crippen molar-refractivity contribution in [2.45, 2.75) is 12.8 Å². The van der Waals surface area contributed by atoms with Crippen LogP contribution in [0.15, 0.2) is 29.3 Å². The molecule has 0 spiro atoms. The predicted octanol–water partition coefficient (Wildman–Crippen LogP) is 2.08. The van der Waals surface area contributed by atoms with Gasteiger partial charge in [-0.15, -0.1) is 0 Å². The van der Waals surface area contributed by atoms with Crippen molar-refractivity contribution in [2.75, 3.05) is 13.1 Å². The van der Waals surface area contributed by atoms with Gasteiger partial charge in [-0.1, -0.05) is 30.4 Å². The molecule has 1 heterocycles. The van der Waals surface area contributed by atoms with Crippen LogP contribution in [0.4, 0.5) is 5.69 Å². The summed E-state index contributed by atoms with van der Waals surface area (Å²) in [5, 5.41) is 1.64. The zero-order valence-corrected chi connectivity index (χ0v) is 9.91. The van der Waals surface area contributed by atoms with E-state index >= 15 is 0 Å². The standard InChI is InChI=1S/C12H15N3S/c13-12(15-7-3-4-8-15)14-11-6-2-1-5-10(11)9-16/h1-2,5-6,9H,3-4,7-8H2,(H2,13,14). The molecular formula is C12H15N3S. The third-order valence-corrected chi connectivity index (χ3v) is 2.98. The van der Waals surface area contributed by atoms with E-state index < -0.39 is 0 Å². The average molecular weight is 233 g/mol. The van der Waals surface area contributed by atoms with Crippen molar-refractivity contribution in [2.24, 2.45) is 10.7 Å². The summed E-state index contributed by atoms with van der Waals surface area (Å²) < 4.78 is 0. The summed E-state index contributed by atoms with van der Waals surface area (Å²) in [4.78, 5) is 6.55. The highest BCUT2D eigenvalue weighted by molar-refractivity contribution is 7.79. The Hall–Kier alpha value is -1.42. The molecule has 1 aliphatic heterocycles. The molecule has 0 aromatic heterocycles. The fraction of sp³-hybridized carbons (Fsp3) is 0.333. The first-order valence-corrected chi connectivity index (χ1v) is 5.92. The third-order valence-electron chi connectivity index (χ3n) is 2.73. The van der Waals surface area contributed by atoms with E-state index in [9.17, 15) is 0 Å². The number of rotatable bonds is 2. The normalized spacial score (nSPS) is 16.5. The quantitative estimate of drug-likeness (QED) is 0.483. The van der Waals surface area contributed by atoms with Gasteiger partial charge in [0.05, 0.1) is 5.69 Å². The number of hydrogen-bond acceptors (Lipinski definition) is 2. The molecule has 4 heteroatoms. The van der Waals surface area contributed by atoms with Crippen LogP contribution in [0.2, 0.25) is 0 Å². The van der Waals surface area contributed by atoms with E-state index in [-0.39, 0.29) is 0 Å². The molecule has 0 saturated carbocycles. The number of nitrogens with zero attached hydrogens (tertiary/aromatic N) is 2. The van der Waals surface area contributed by atoms with Gasteiger partial charge in [-0.2, -0.15) is 0 Å². The molecule has 1 fully saturated rings. The van der Waals surface area contributed by atoms with Crippen molar-refractivity contribution in [3.8, 4) is 0 Å². The van der Waals surface area contributed by atoms with Crippen LogP contribution in [0.3, 0.4) is 0 Å². The summed E-state index contributed by atoms with van der Waals surface area (Å²) in [6.07, 6.45) is 2.40. The molecule has 2 N–H and O–H groups in total. The molecule has 0 radical (unpaired) electrons. The maximum absolute atomic E-state index is 5.96. The molecule has 1 saturated heterocycles. The van der Waals surface area contributed by atoms with Gasteiger partial charge in [-0.3, -0.25) is 0 Å². The minimum Gasteiger partial charge on any atom is -0.369 e. The predicted molar refractivity (Wildman–Crippen MR) is 71.3 cm³/mol. The highest BCUT2D eigenvalue weighted by Crippen LogP contribution is 2.18. The van der Waals surface area contributed by atoms with Crippen LogP contribution in [-0.4, -0.2) is 29.3 Å². The van der Waals surface area contributed by atoms with Gasteiger partial charge < -0.3 is 10.6 Å². The van der Waals surface area contributed by atoms with E-state index in [4.69, 9.17) is 18.0 Å². The number of hydrogen-bond donors (Lipinski definition) is 1. The van der Waals surface area contributed by atoms with Gasteiger partial charge in [0.2, 0.25) is 0 Å². The summed E-state index contributed by atoms with van der Waals surface area (Å²) in [5.74, 6) is 0.599. The van der Waals surface area contributed by atoms with Gasteiger partial charge in [0.25, 0.3) is 0 Å². The summed E-state index contributed by atoms with van der Waals surface area (Å²) in [6, 6.07) is 7.77. The lowest BCUT2D eigenvalue weighted by atomic mass is 10.2. The Labute approximate surface area is 101 Å². The molecule has 0 atom stereocenters. The first-order valence-electron chi connectivity index (χ1n) is 5.44. The fourth-order valence-electron chi connectivity index (χ4n) is 1.83. The second kappa shape index (κ2) is 5.07. The second-order valence-electron chi connectivity index (χ2n) is 3.84. The molecule has 0 unspecified atom stereocenters. The summed E-state index contributed by atoms with van der Waals surface area (Å²) in [6.45, 7) is 2.02. The van der Waals surface area contributed by atoms with Crippen molar-refractivity contribution in [1.29, 1.82) is 0 Å². The van der Waals surface area contributed by atoms with Crippen LogP contribution in [0.5, 0.6) is 0 Å². The number of guanidine groups is 1. The molecule has 2 rings (SSSR count). The van der Waals surface area contributed by atoms with Gasteiger partial charge in [-0.25, -0.2) is 4.99 Å². The van der Waals surface area contributed by atoms with Gasteiger partial charge in [0.1, 0.15) is 0 Å². The Balaban J connectivity index is 2.23. The molecule has 1 aromatic rings. The molecule has 0 bridgehead atoms. The van der Waals surface area contributed by atoms with E-state index in [2.05, 4.69) is 9.89 Å². The van der Waals surface area contributed by atoms with Crippen LogP contribution >= 0.6 is 12.2 Å². The Morgan fingerprint density at radius 2 is 2.00 bits per heavy atom. The highest BCUT2D eigenvalue weighted by atomic mass is 32.1. The maximum Gasteiger partial charge on any atom is 0.196 e. The Morgan fingerprint density at radius 3 is 2.69 bits per heavy atom. The fourth-order valence-corrected chi connectivity index (χ4v) is 2.03. The van der Waals surface area contributed by atoms with Crippen LogP contribution in [-0.2, 0) is 0 Å². The first kappa shape index (κ1) is 11.1. The van der Waals surface area contributed by atoms with Crippen molar-refractivity contribution in [1.82, 2.24) is 4.90 Å². The smallest absolute Gasteiger partial charge is 0.196 e. The Bertz CT molecular complexity index is 408. The molecule has 16 heavy (non-hydrogen) atoms. The average Bonchev–Trinajstić information content (AvgIpc) is 2.83. The van der Waals surface area contributed by atoms with E-state index in [1.165, 1.54) is 12.8 Å². The van der Waals surface area contributed by atoms with E-state index in [1.807, 2.05) is 24.3 Å². The van der Waals surface area contributed by atoms with Crippen molar-refractivity contribution in [3.05, 3.63) is 29.8 Å². The van der Waals surface area contributed by atoms with Crippen LogP contribution in [0.25, 0.3) is 0 Å². The topological polar surface area (TPSA) is 41.6 Å². The molecule has 0 amide bonds. The number of thiocarbonyl (C=S) groups is 1. The summed E-state index contributed by atoms with van der Waals surface area (Å²) in [7, 11) is 0. The number of nitrogens with two attached hydrogens (primary N) is 1. The van der Waals surface area contributed by atoms with Crippen molar-refractivity contribution in [3.63, 3.8) is 0 Å². The SMILES string of the molecule is NC(=Nc1ccccc1C=S)N1CCCC1. The van der Waals surface area contributed by atoms with E-state index in [0.717, 1.165) is 24.3 Å². The minimum atomic E-state index is 0.599. The highest BCUT2D eigenvalue weighted by Gasteiger charge is 2.13. The van der Waals surface area contributed by atoms with Gasteiger partial charge in [0, 0.05) is 24.0 Å². The lowest BCUT2D eigenvalue weighted by Gasteiger charge is -2.15. The third kappa shape index (κ3) is 2.39. The van der Waals surface area contributed by atoms with E-state index in [1.54, 1.807) is 5.37 Å². The second-order valence-corrected chi connectivity index (χ2v) is 4.08. The number of likely N-dealkylation sites (tertiary alicyclic amines) is 1. The van der Waals surface area contributed by atoms with Crippen LogP contribution in [0, 0.1) is 0 Å². The number of aliphatic imine (C=N–C) groups is 1.